The monoisotopic (exact) mass is 399 g/mol. The highest BCUT2D eigenvalue weighted by atomic mass is 16.7. The summed E-state index contributed by atoms with van der Waals surface area (Å²) in [6.07, 6.45) is 5.69. The summed E-state index contributed by atoms with van der Waals surface area (Å²) in [5.41, 5.74) is 3.36. The topological polar surface area (TPSA) is 53.6 Å². The molecule has 0 bridgehead atoms. The van der Waals surface area contributed by atoms with Crippen molar-refractivity contribution in [2.75, 3.05) is 18.9 Å². The Labute approximate surface area is 175 Å². The fraction of sp³-hybridized carbons (Fsp3) is 0.625. The van der Waals surface area contributed by atoms with Gasteiger partial charge in [0.15, 0.2) is 0 Å². The molecule has 1 aliphatic carbocycles. The Kier molecular flexibility index (Phi) is 6.89. The van der Waals surface area contributed by atoms with Crippen LogP contribution in [-0.4, -0.2) is 30.7 Å². The lowest BCUT2D eigenvalue weighted by Crippen LogP contribution is -2.34. The Morgan fingerprint density at radius 2 is 1.83 bits per heavy atom. The van der Waals surface area contributed by atoms with E-state index in [1.165, 1.54) is 17.5 Å². The second-order valence-corrected chi connectivity index (χ2v) is 9.30. The summed E-state index contributed by atoms with van der Waals surface area (Å²) in [5.74, 6) is 2.84. The predicted octanol–water partition coefficient (Wildman–Crippen LogP) is 5.62. The van der Waals surface area contributed by atoms with Crippen LogP contribution in [0.5, 0.6) is 0 Å². The molecule has 1 aromatic carbocycles. The number of likely N-dealkylation sites (N-methyl/N-ethyl adjacent to an activating group) is 1. The number of carbonyl (C=O) groups excluding carboxylic acids is 1. The Morgan fingerprint density at radius 1 is 1.17 bits per heavy atom. The van der Waals surface area contributed by atoms with Crippen LogP contribution in [0.3, 0.4) is 0 Å². The molecule has 2 aliphatic rings. The number of benzene rings is 1. The molecule has 1 saturated carbocycles. The van der Waals surface area contributed by atoms with Gasteiger partial charge in [0.2, 0.25) is 0 Å². The molecule has 160 valence electrons. The van der Waals surface area contributed by atoms with E-state index in [0.29, 0.717) is 29.7 Å². The van der Waals surface area contributed by atoms with Crippen LogP contribution in [-0.2, 0) is 4.84 Å². The molecular weight excluding hydrogens is 362 g/mol. The molecule has 3 unspecified atom stereocenters. The molecule has 1 fully saturated rings. The molecule has 5 heteroatoms. The number of carbonyl (C=O) groups is 1. The van der Waals surface area contributed by atoms with Crippen molar-refractivity contribution in [3.8, 4) is 0 Å². The summed E-state index contributed by atoms with van der Waals surface area (Å²) in [6.45, 7) is 11.4. The maximum Gasteiger partial charge on any atom is 0.319 e. The average Bonchev–Trinajstić information content (AvgIpc) is 3.25. The number of amides is 2. The Morgan fingerprint density at radius 3 is 2.38 bits per heavy atom. The van der Waals surface area contributed by atoms with Crippen LogP contribution in [0, 0.1) is 11.8 Å². The van der Waals surface area contributed by atoms with Gasteiger partial charge in [0, 0.05) is 19.3 Å². The Bertz CT molecular complexity index is 730. The standard InChI is InChI=1S/C24H37N3O2/c1-15(2)20-8-7-9-21(16(3)4)23(20)26-24(28)25-14-18-10-11-19(13-18)22-12-17(5)29-27(22)6/h7-9,12,15-16,18-19,22H,10-11,13-14H2,1-6H3,(H2,25,26,28). The summed E-state index contributed by atoms with van der Waals surface area (Å²) < 4.78 is 0. The number of hydroxylamine groups is 2. The fourth-order valence-corrected chi connectivity index (χ4v) is 4.80. The minimum Gasteiger partial charge on any atom is -0.411 e. The van der Waals surface area contributed by atoms with Gasteiger partial charge in [0.1, 0.15) is 5.76 Å². The molecule has 2 N–H and O–H groups in total. The van der Waals surface area contributed by atoms with Gasteiger partial charge < -0.3 is 15.5 Å². The van der Waals surface area contributed by atoms with Crippen molar-refractivity contribution in [1.29, 1.82) is 0 Å². The zero-order valence-electron chi connectivity index (χ0n) is 18.8. The van der Waals surface area contributed by atoms with Crippen LogP contribution in [0.4, 0.5) is 10.5 Å². The van der Waals surface area contributed by atoms with Crippen molar-refractivity contribution in [3.63, 3.8) is 0 Å². The Hall–Kier alpha value is -2.01. The zero-order valence-corrected chi connectivity index (χ0v) is 18.8. The molecule has 0 radical (unpaired) electrons. The minimum atomic E-state index is -0.0968. The number of hydrogen-bond donors (Lipinski definition) is 2. The maximum atomic E-state index is 12.7. The smallest absolute Gasteiger partial charge is 0.319 e. The number of para-hydroxylation sites is 1. The van der Waals surface area contributed by atoms with E-state index >= 15 is 0 Å². The van der Waals surface area contributed by atoms with Crippen LogP contribution < -0.4 is 10.6 Å². The summed E-state index contributed by atoms with van der Waals surface area (Å²) in [4.78, 5) is 18.4. The molecular formula is C24H37N3O2. The number of anilines is 1. The van der Waals surface area contributed by atoms with E-state index in [0.717, 1.165) is 30.8 Å². The third-order valence-electron chi connectivity index (χ3n) is 6.34. The molecule has 1 aliphatic heterocycles. The van der Waals surface area contributed by atoms with Crippen molar-refractivity contribution in [2.24, 2.45) is 11.8 Å². The number of hydrogen-bond acceptors (Lipinski definition) is 3. The van der Waals surface area contributed by atoms with Gasteiger partial charge in [-0.05, 0) is 67.1 Å². The molecule has 0 spiro atoms. The number of nitrogens with zero attached hydrogens (tertiary/aromatic N) is 1. The first-order valence-corrected chi connectivity index (χ1v) is 11.0. The van der Waals surface area contributed by atoms with E-state index in [2.05, 4.69) is 62.6 Å². The minimum absolute atomic E-state index is 0.0968. The first-order chi connectivity index (χ1) is 13.8. The zero-order chi connectivity index (χ0) is 21.1. The Balaban J connectivity index is 1.56. The maximum absolute atomic E-state index is 12.7. The van der Waals surface area contributed by atoms with Gasteiger partial charge in [-0.25, -0.2) is 4.79 Å². The SMILES string of the molecule is CC1=CC(C2CCC(CNC(=O)Nc3c(C(C)C)cccc3C(C)C)C2)N(C)O1. The van der Waals surface area contributed by atoms with Gasteiger partial charge in [-0.1, -0.05) is 45.9 Å². The highest BCUT2D eigenvalue weighted by Crippen LogP contribution is 2.37. The van der Waals surface area contributed by atoms with Crippen LogP contribution in [0.25, 0.3) is 0 Å². The summed E-state index contributed by atoms with van der Waals surface area (Å²) in [7, 11) is 2.01. The van der Waals surface area contributed by atoms with E-state index in [1.807, 2.05) is 19.0 Å². The molecule has 1 heterocycles. The van der Waals surface area contributed by atoms with Gasteiger partial charge in [-0.15, -0.1) is 5.06 Å². The van der Waals surface area contributed by atoms with Crippen LogP contribution in [0.15, 0.2) is 30.0 Å². The second kappa shape index (κ2) is 9.21. The van der Waals surface area contributed by atoms with E-state index < -0.39 is 0 Å². The quantitative estimate of drug-likeness (QED) is 0.653. The molecule has 3 rings (SSSR count). The lowest BCUT2D eigenvalue weighted by Gasteiger charge is -2.23. The van der Waals surface area contributed by atoms with Gasteiger partial charge in [-0.2, -0.15) is 0 Å². The van der Waals surface area contributed by atoms with Gasteiger partial charge in [0.05, 0.1) is 6.04 Å². The van der Waals surface area contributed by atoms with Gasteiger partial charge in [-0.3, -0.25) is 0 Å². The van der Waals surface area contributed by atoms with E-state index in [-0.39, 0.29) is 6.03 Å². The molecule has 1 aromatic rings. The highest BCUT2D eigenvalue weighted by Gasteiger charge is 2.35. The first kappa shape index (κ1) is 21.7. The van der Waals surface area contributed by atoms with Gasteiger partial charge in [0.25, 0.3) is 0 Å². The van der Waals surface area contributed by atoms with Crippen molar-refractivity contribution in [3.05, 3.63) is 41.2 Å². The summed E-state index contributed by atoms with van der Waals surface area (Å²) >= 11 is 0. The fourth-order valence-electron chi connectivity index (χ4n) is 4.80. The molecule has 5 nitrogen and oxygen atoms in total. The molecule has 3 atom stereocenters. The first-order valence-electron chi connectivity index (χ1n) is 11.0. The molecule has 0 aromatic heterocycles. The average molecular weight is 400 g/mol. The molecule has 0 saturated heterocycles. The lowest BCUT2D eigenvalue weighted by molar-refractivity contribution is -0.105. The highest BCUT2D eigenvalue weighted by molar-refractivity contribution is 5.91. The van der Waals surface area contributed by atoms with Crippen LogP contribution in [0.1, 0.15) is 76.8 Å². The number of allylic oxidation sites excluding steroid dienone is 1. The number of nitrogens with one attached hydrogen (secondary N) is 2. The van der Waals surface area contributed by atoms with Crippen LogP contribution in [0.2, 0.25) is 0 Å². The van der Waals surface area contributed by atoms with Crippen molar-refractivity contribution in [2.45, 2.75) is 71.8 Å². The van der Waals surface area contributed by atoms with Crippen LogP contribution >= 0.6 is 0 Å². The summed E-state index contributed by atoms with van der Waals surface area (Å²) in [5, 5.41) is 8.25. The lowest BCUT2D eigenvalue weighted by atomic mass is 9.93. The van der Waals surface area contributed by atoms with E-state index in [1.54, 1.807) is 0 Å². The molecule has 29 heavy (non-hydrogen) atoms. The largest absolute Gasteiger partial charge is 0.411 e. The third kappa shape index (κ3) is 5.13. The van der Waals surface area contributed by atoms with E-state index in [9.17, 15) is 4.79 Å². The predicted molar refractivity (Wildman–Crippen MR) is 119 cm³/mol. The third-order valence-corrected chi connectivity index (χ3v) is 6.34. The van der Waals surface area contributed by atoms with Crippen molar-refractivity contribution < 1.29 is 9.63 Å². The number of rotatable bonds is 6. The second-order valence-electron chi connectivity index (χ2n) is 9.30. The number of urea groups is 1. The normalized spacial score (nSPS) is 24.7. The van der Waals surface area contributed by atoms with E-state index in [4.69, 9.17) is 4.84 Å². The summed E-state index contributed by atoms with van der Waals surface area (Å²) in [6, 6.07) is 6.58. The van der Waals surface area contributed by atoms with Crippen molar-refractivity contribution in [1.82, 2.24) is 10.4 Å². The molecule has 2 amide bonds. The van der Waals surface area contributed by atoms with Crippen molar-refractivity contribution >= 4 is 11.7 Å². The van der Waals surface area contributed by atoms with Gasteiger partial charge >= 0.3 is 6.03 Å².